The second-order valence-corrected chi connectivity index (χ2v) is 7.73. The van der Waals surface area contributed by atoms with E-state index in [4.69, 9.17) is 0 Å². The molecule has 0 spiro atoms. The first-order valence-electron chi connectivity index (χ1n) is 8.52. The molecule has 1 saturated heterocycles. The molecule has 2 heterocycles. The molecule has 22 heavy (non-hydrogen) atoms. The van der Waals surface area contributed by atoms with E-state index in [0.29, 0.717) is 12.5 Å². The fraction of sp³-hybridized carbons (Fsp3) is 0.706. The zero-order valence-electron chi connectivity index (χ0n) is 13.2. The van der Waals surface area contributed by atoms with E-state index in [0.717, 1.165) is 32.1 Å². The summed E-state index contributed by atoms with van der Waals surface area (Å²) in [5, 5.41) is 8.50. The Kier molecular flexibility index (Phi) is 5.87. The Morgan fingerprint density at radius 3 is 2.95 bits per heavy atom. The predicted octanol–water partition coefficient (Wildman–Crippen LogP) is 2.08. The number of piperidine rings is 1. The van der Waals surface area contributed by atoms with Gasteiger partial charge in [-0.2, -0.15) is 0 Å². The van der Waals surface area contributed by atoms with Crippen LogP contribution >= 0.6 is 11.3 Å². The van der Waals surface area contributed by atoms with Gasteiger partial charge < -0.3 is 10.6 Å². The van der Waals surface area contributed by atoms with Gasteiger partial charge >= 0.3 is 0 Å². The molecule has 0 radical (unpaired) electrons. The topological polar surface area (TPSA) is 44.4 Å². The van der Waals surface area contributed by atoms with Crippen molar-refractivity contribution in [3.8, 4) is 0 Å². The minimum atomic E-state index is 0.149. The number of hydrogen-bond acceptors (Lipinski definition) is 4. The number of likely N-dealkylation sites (tertiary alicyclic amines) is 1. The number of nitrogens with one attached hydrogen (secondary N) is 2. The standard InChI is InChI=1S/C17H27N3OS/c21-17(11-18-9-14-5-6-14)19-10-15-3-1-7-20(12-15)13-16-4-2-8-22-16/h2,4,8,14-15,18H,1,3,5-7,9-13H2,(H,19,21). The molecule has 4 nitrogen and oxygen atoms in total. The highest BCUT2D eigenvalue weighted by Gasteiger charge is 2.22. The van der Waals surface area contributed by atoms with Gasteiger partial charge in [-0.25, -0.2) is 0 Å². The van der Waals surface area contributed by atoms with Gasteiger partial charge in [0.05, 0.1) is 6.54 Å². The molecule has 1 aliphatic carbocycles. The predicted molar refractivity (Wildman–Crippen MR) is 90.9 cm³/mol. The van der Waals surface area contributed by atoms with Crippen molar-refractivity contribution in [2.45, 2.75) is 32.2 Å². The summed E-state index contributed by atoms with van der Waals surface area (Å²) in [6, 6.07) is 4.33. The molecule has 1 atom stereocenters. The summed E-state index contributed by atoms with van der Waals surface area (Å²) in [5.41, 5.74) is 0. The minimum Gasteiger partial charge on any atom is -0.355 e. The van der Waals surface area contributed by atoms with Gasteiger partial charge in [0.25, 0.3) is 0 Å². The van der Waals surface area contributed by atoms with E-state index < -0.39 is 0 Å². The van der Waals surface area contributed by atoms with Crippen LogP contribution in [0.5, 0.6) is 0 Å². The van der Waals surface area contributed by atoms with Crippen molar-refractivity contribution in [1.82, 2.24) is 15.5 Å². The molecule has 2 N–H and O–H groups in total. The van der Waals surface area contributed by atoms with Crippen LogP contribution in [0, 0.1) is 11.8 Å². The smallest absolute Gasteiger partial charge is 0.233 e. The number of rotatable bonds is 8. The maximum atomic E-state index is 11.8. The fourth-order valence-corrected chi connectivity index (χ4v) is 3.86. The molecule has 122 valence electrons. The maximum absolute atomic E-state index is 11.8. The van der Waals surface area contributed by atoms with Crippen LogP contribution in [0.25, 0.3) is 0 Å². The quantitative estimate of drug-likeness (QED) is 0.770. The van der Waals surface area contributed by atoms with Crippen LogP contribution in [0.4, 0.5) is 0 Å². The first-order valence-corrected chi connectivity index (χ1v) is 9.39. The molecule has 0 aromatic carbocycles. The fourth-order valence-electron chi connectivity index (χ4n) is 3.12. The van der Waals surface area contributed by atoms with Crippen molar-refractivity contribution < 1.29 is 4.79 Å². The highest BCUT2D eigenvalue weighted by molar-refractivity contribution is 7.09. The van der Waals surface area contributed by atoms with Crippen molar-refractivity contribution in [2.75, 3.05) is 32.7 Å². The lowest BCUT2D eigenvalue weighted by atomic mass is 9.98. The van der Waals surface area contributed by atoms with Crippen molar-refractivity contribution in [3.63, 3.8) is 0 Å². The van der Waals surface area contributed by atoms with Gasteiger partial charge in [0.1, 0.15) is 0 Å². The summed E-state index contributed by atoms with van der Waals surface area (Å²) in [7, 11) is 0. The second kappa shape index (κ2) is 8.09. The van der Waals surface area contributed by atoms with Crippen LogP contribution in [-0.4, -0.2) is 43.5 Å². The Labute approximate surface area is 137 Å². The highest BCUT2D eigenvalue weighted by Crippen LogP contribution is 2.27. The van der Waals surface area contributed by atoms with Crippen molar-refractivity contribution in [3.05, 3.63) is 22.4 Å². The average Bonchev–Trinajstić information content (AvgIpc) is 3.21. The zero-order chi connectivity index (χ0) is 15.2. The summed E-state index contributed by atoms with van der Waals surface area (Å²) >= 11 is 1.83. The Morgan fingerprint density at radius 1 is 1.27 bits per heavy atom. The SMILES string of the molecule is O=C(CNCC1CC1)NCC1CCCN(Cc2cccs2)C1. The molecule has 1 saturated carbocycles. The Morgan fingerprint density at radius 2 is 2.18 bits per heavy atom. The summed E-state index contributed by atoms with van der Waals surface area (Å²) in [5.74, 6) is 1.58. The van der Waals surface area contributed by atoms with Crippen molar-refractivity contribution >= 4 is 17.2 Å². The molecule has 2 fully saturated rings. The Hall–Kier alpha value is -0.910. The van der Waals surface area contributed by atoms with E-state index in [-0.39, 0.29) is 5.91 Å². The van der Waals surface area contributed by atoms with Crippen LogP contribution in [0.2, 0.25) is 0 Å². The molecule has 3 rings (SSSR count). The van der Waals surface area contributed by atoms with Crippen LogP contribution < -0.4 is 10.6 Å². The lowest BCUT2D eigenvalue weighted by Gasteiger charge is -2.32. The summed E-state index contributed by atoms with van der Waals surface area (Å²) in [4.78, 5) is 15.8. The number of amides is 1. The number of carbonyl (C=O) groups is 1. The molecule has 0 bridgehead atoms. The van der Waals surface area contributed by atoms with E-state index >= 15 is 0 Å². The molecule has 1 aliphatic heterocycles. The number of nitrogens with zero attached hydrogens (tertiary/aromatic N) is 1. The van der Waals surface area contributed by atoms with E-state index in [1.165, 1.54) is 37.1 Å². The molecule has 1 amide bonds. The molecule has 2 aliphatic rings. The van der Waals surface area contributed by atoms with E-state index in [1.807, 2.05) is 11.3 Å². The Balaban J connectivity index is 1.32. The second-order valence-electron chi connectivity index (χ2n) is 6.70. The first kappa shape index (κ1) is 16.0. The molecular formula is C17H27N3OS. The first-order chi connectivity index (χ1) is 10.8. The minimum absolute atomic E-state index is 0.149. The van der Waals surface area contributed by atoms with Gasteiger partial charge in [0.15, 0.2) is 0 Å². The van der Waals surface area contributed by atoms with E-state index in [2.05, 4.69) is 33.0 Å². The molecule has 5 heteroatoms. The van der Waals surface area contributed by atoms with Gasteiger partial charge in [-0.1, -0.05) is 6.07 Å². The molecule has 1 aromatic rings. The average molecular weight is 321 g/mol. The number of thiophene rings is 1. The zero-order valence-corrected chi connectivity index (χ0v) is 14.0. The third kappa shape index (κ3) is 5.38. The number of hydrogen-bond donors (Lipinski definition) is 2. The van der Waals surface area contributed by atoms with E-state index in [1.54, 1.807) is 0 Å². The third-order valence-electron chi connectivity index (χ3n) is 4.57. The van der Waals surface area contributed by atoms with Crippen molar-refractivity contribution in [2.24, 2.45) is 11.8 Å². The van der Waals surface area contributed by atoms with Crippen LogP contribution in [0.1, 0.15) is 30.6 Å². The molecule has 1 unspecified atom stereocenters. The lowest BCUT2D eigenvalue weighted by molar-refractivity contribution is -0.120. The van der Waals surface area contributed by atoms with Gasteiger partial charge in [-0.05, 0) is 62.1 Å². The number of carbonyl (C=O) groups excluding carboxylic acids is 1. The normalized spacial score (nSPS) is 22.6. The lowest BCUT2D eigenvalue weighted by Crippen LogP contribution is -2.42. The molecule has 1 aromatic heterocycles. The van der Waals surface area contributed by atoms with Crippen LogP contribution in [0.15, 0.2) is 17.5 Å². The summed E-state index contributed by atoms with van der Waals surface area (Å²) in [6.45, 7) is 5.66. The maximum Gasteiger partial charge on any atom is 0.233 e. The van der Waals surface area contributed by atoms with Gasteiger partial charge in [-0.3, -0.25) is 9.69 Å². The largest absolute Gasteiger partial charge is 0.355 e. The van der Waals surface area contributed by atoms with Crippen LogP contribution in [-0.2, 0) is 11.3 Å². The molecular weight excluding hydrogens is 294 g/mol. The van der Waals surface area contributed by atoms with Crippen molar-refractivity contribution in [1.29, 1.82) is 0 Å². The van der Waals surface area contributed by atoms with E-state index in [9.17, 15) is 4.79 Å². The Bertz CT molecular complexity index is 458. The summed E-state index contributed by atoms with van der Waals surface area (Å²) < 4.78 is 0. The van der Waals surface area contributed by atoms with Gasteiger partial charge in [0, 0.05) is 24.5 Å². The monoisotopic (exact) mass is 321 g/mol. The third-order valence-corrected chi connectivity index (χ3v) is 5.43. The highest BCUT2D eigenvalue weighted by atomic mass is 32.1. The van der Waals surface area contributed by atoms with Gasteiger partial charge in [-0.15, -0.1) is 11.3 Å². The van der Waals surface area contributed by atoms with Gasteiger partial charge in [0.2, 0.25) is 5.91 Å². The van der Waals surface area contributed by atoms with Crippen LogP contribution in [0.3, 0.4) is 0 Å². The summed E-state index contributed by atoms with van der Waals surface area (Å²) in [6.07, 6.45) is 5.14.